The van der Waals surface area contributed by atoms with Crippen LogP contribution in [-0.4, -0.2) is 40.5 Å². The van der Waals surface area contributed by atoms with Crippen LogP contribution in [-0.2, 0) is 24.2 Å². The number of carboxylic acid groups (broad SMARTS) is 1. The largest absolute Gasteiger partial charge is 0.478 e. The van der Waals surface area contributed by atoms with E-state index in [2.05, 4.69) is 53.1 Å². The van der Waals surface area contributed by atoms with Crippen LogP contribution >= 0.6 is 0 Å². The monoisotopic (exact) mass is 508 g/mol. The van der Waals surface area contributed by atoms with Crippen LogP contribution in [0.4, 0.5) is 0 Å². The summed E-state index contributed by atoms with van der Waals surface area (Å²) in [5.74, 6) is -0.578. The van der Waals surface area contributed by atoms with Gasteiger partial charge in [-0.25, -0.2) is 4.79 Å². The molecule has 1 aliphatic rings. The van der Waals surface area contributed by atoms with Crippen molar-refractivity contribution in [2.75, 3.05) is 14.1 Å². The van der Waals surface area contributed by atoms with Crippen molar-refractivity contribution >= 4 is 22.8 Å². The molecule has 0 unspecified atom stereocenters. The summed E-state index contributed by atoms with van der Waals surface area (Å²) in [6, 6.07) is 24.7. The standard InChI is InChI=1S/C33H36N2O3/c1-34(2)30(36)22-35-29-21-27(33(37)38)19-20-28(29)31(25-11-7-4-8-12-25)32(35)26-17-15-24(16-18-26)14-13-23-9-5-3-6-10-23/h3,5-6,9-10,15-21,25H,4,7-8,11-14,22H2,1-2H3,(H,37,38). The SMILES string of the molecule is CN(C)C(=O)Cn1c(-c2ccc(CCc3ccccc3)cc2)c(C2CCCCC2)c2ccc(C(=O)O)cc21. The Bertz CT molecular complexity index is 1430. The quantitative estimate of drug-likeness (QED) is 0.281. The van der Waals surface area contributed by atoms with Gasteiger partial charge in [-0.3, -0.25) is 4.79 Å². The number of nitrogens with zero attached hydrogens (tertiary/aromatic N) is 2. The fourth-order valence-electron chi connectivity index (χ4n) is 5.83. The first-order valence-corrected chi connectivity index (χ1v) is 13.6. The predicted molar refractivity (Wildman–Crippen MR) is 153 cm³/mol. The van der Waals surface area contributed by atoms with E-state index in [1.165, 1.54) is 36.0 Å². The second-order valence-corrected chi connectivity index (χ2v) is 10.7. The van der Waals surface area contributed by atoms with Gasteiger partial charge in [-0.15, -0.1) is 0 Å². The van der Waals surface area contributed by atoms with Gasteiger partial charge in [-0.1, -0.05) is 79.9 Å². The van der Waals surface area contributed by atoms with Crippen molar-refractivity contribution in [3.05, 3.63) is 95.1 Å². The molecule has 1 N–H and O–H groups in total. The number of carbonyl (C=O) groups excluding carboxylic acids is 1. The lowest BCUT2D eigenvalue weighted by Gasteiger charge is -2.24. The zero-order valence-electron chi connectivity index (χ0n) is 22.3. The molecule has 1 aromatic heterocycles. The Morgan fingerprint density at radius 1 is 0.868 bits per heavy atom. The third kappa shape index (κ3) is 5.38. The van der Waals surface area contributed by atoms with Crippen molar-refractivity contribution in [3.8, 4) is 11.3 Å². The summed E-state index contributed by atoms with van der Waals surface area (Å²) in [5.41, 5.74) is 7.06. The number of aromatic carboxylic acids is 1. The highest BCUT2D eigenvalue weighted by Gasteiger charge is 2.28. The number of rotatable bonds is 8. The van der Waals surface area contributed by atoms with Gasteiger partial charge in [0.25, 0.3) is 0 Å². The molecule has 38 heavy (non-hydrogen) atoms. The Balaban J connectivity index is 1.62. The van der Waals surface area contributed by atoms with Crippen LogP contribution in [0.2, 0.25) is 0 Å². The van der Waals surface area contributed by atoms with Crippen LogP contribution in [0.5, 0.6) is 0 Å². The molecule has 5 heteroatoms. The molecule has 0 radical (unpaired) electrons. The molecule has 3 aromatic carbocycles. The Morgan fingerprint density at radius 3 is 2.16 bits per heavy atom. The van der Waals surface area contributed by atoms with Gasteiger partial charge in [-0.05, 0) is 66.0 Å². The molecule has 0 bridgehead atoms. The molecule has 0 spiro atoms. The van der Waals surface area contributed by atoms with E-state index < -0.39 is 5.97 Å². The normalized spacial score (nSPS) is 14.1. The number of hydrogen-bond acceptors (Lipinski definition) is 2. The topological polar surface area (TPSA) is 62.5 Å². The Kier molecular flexibility index (Phi) is 7.64. The van der Waals surface area contributed by atoms with Crippen LogP contribution in [0, 0.1) is 0 Å². The number of amides is 1. The molecule has 1 heterocycles. The van der Waals surface area contributed by atoms with E-state index >= 15 is 0 Å². The molecular formula is C33H36N2O3. The average molecular weight is 509 g/mol. The summed E-state index contributed by atoms with van der Waals surface area (Å²) in [5, 5.41) is 10.8. The number of hydrogen-bond donors (Lipinski definition) is 1. The lowest BCUT2D eigenvalue weighted by atomic mass is 9.81. The highest BCUT2D eigenvalue weighted by molar-refractivity contribution is 5.99. The molecule has 1 saturated carbocycles. The van der Waals surface area contributed by atoms with E-state index in [1.54, 1.807) is 31.1 Å². The summed E-state index contributed by atoms with van der Waals surface area (Å²) in [7, 11) is 3.53. The Labute approximate surface area is 224 Å². The third-order valence-electron chi connectivity index (χ3n) is 7.93. The van der Waals surface area contributed by atoms with Crippen molar-refractivity contribution in [3.63, 3.8) is 0 Å². The summed E-state index contributed by atoms with van der Waals surface area (Å²) in [6.45, 7) is 0.171. The van der Waals surface area contributed by atoms with Crippen LogP contribution in [0.3, 0.4) is 0 Å². The fraction of sp³-hybridized carbons (Fsp3) is 0.333. The molecule has 5 rings (SSSR count). The van der Waals surface area contributed by atoms with Gasteiger partial charge < -0.3 is 14.6 Å². The van der Waals surface area contributed by atoms with Crippen LogP contribution in [0.1, 0.15) is 65.1 Å². The zero-order valence-corrected chi connectivity index (χ0v) is 22.3. The van der Waals surface area contributed by atoms with Gasteiger partial charge >= 0.3 is 5.97 Å². The molecule has 5 nitrogen and oxygen atoms in total. The number of benzene rings is 3. The van der Waals surface area contributed by atoms with Crippen molar-refractivity contribution in [2.45, 2.75) is 57.4 Å². The average Bonchev–Trinajstić information content (AvgIpc) is 3.26. The van der Waals surface area contributed by atoms with E-state index in [0.29, 0.717) is 5.92 Å². The fourth-order valence-corrected chi connectivity index (χ4v) is 5.83. The Morgan fingerprint density at radius 2 is 1.53 bits per heavy atom. The molecule has 0 atom stereocenters. The number of aromatic nitrogens is 1. The molecule has 1 fully saturated rings. The van der Waals surface area contributed by atoms with E-state index in [9.17, 15) is 14.7 Å². The highest BCUT2D eigenvalue weighted by Crippen LogP contribution is 2.44. The van der Waals surface area contributed by atoms with Crippen LogP contribution in [0.15, 0.2) is 72.8 Å². The number of carbonyl (C=O) groups is 2. The van der Waals surface area contributed by atoms with Crippen LogP contribution < -0.4 is 0 Å². The Hall–Kier alpha value is -3.86. The zero-order chi connectivity index (χ0) is 26.6. The lowest BCUT2D eigenvalue weighted by molar-refractivity contribution is -0.129. The lowest BCUT2D eigenvalue weighted by Crippen LogP contribution is -2.26. The van der Waals surface area contributed by atoms with E-state index in [-0.39, 0.29) is 18.0 Å². The summed E-state index contributed by atoms with van der Waals surface area (Å²) < 4.78 is 2.06. The molecular weight excluding hydrogens is 472 g/mol. The highest BCUT2D eigenvalue weighted by atomic mass is 16.4. The van der Waals surface area contributed by atoms with Gasteiger partial charge in [0, 0.05) is 19.5 Å². The molecule has 1 aliphatic carbocycles. The van der Waals surface area contributed by atoms with Crippen molar-refractivity contribution in [2.24, 2.45) is 0 Å². The van der Waals surface area contributed by atoms with Gasteiger partial charge in [0.1, 0.15) is 6.54 Å². The minimum absolute atomic E-state index is 0.0152. The third-order valence-corrected chi connectivity index (χ3v) is 7.93. The molecule has 0 saturated heterocycles. The summed E-state index contributed by atoms with van der Waals surface area (Å²) in [4.78, 5) is 26.5. The minimum atomic E-state index is -0.956. The maximum atomic E-state index is 13.0. The van der Waals surface area contributed by atoms with Gasteiger partial charge in [0.2, 0.25) is 5.91 Å². The molecule has 0 aliphatic heterocycles. The second-order valence-electron chi connectivity index (χ2n) is 10.7. The van der Waals surface area contributed by atoms with Crippen molar-refractivity contribution < 1.29 is 14.7 Å². The van der Waals surface area contributed by atoms with Crippen molar-refractivity contribution in [1.29, 1.82) is 0 Å². The molecule has 1 amide bonds. The van der Waals surface area contributed by atoms with E-state index in [0.717, 1.165) is 47.8 Å². The number of likely N-dealkylation sites (N-methyl/N-ethyl adjacent to an activating group) is 1. The maximum Gasteiger partial charge on any atom is 0.335 e. The number of carboxylic acids is 1. The van der Waals surface area contributed by atoms with Crippen molar-refractivity contribution in [1.82, 2.24) is 9.47 Å². The van der Waals surface area contributed by atoms with E-state index in [4.69, 9.17) is 0 Å². The minimum Gasteiger partial charge on any atom is -0.478 e. The second kappa shape index (κ2) is 11.3. The van der Waals surface area contributed by atoms with Gasteiger partial charge in [0.15, 0.2) is 0 Å². The molecule has 4 aromatic rings. The van der Waals surface area contributed by atoms with Gasteiger partial charge in [0.05, 0.1) is 16.8 Å². The first-order chi connectivity index (χ1) is 18.4. The smallest absolute Gasteiger partial charge is 0.335 e. The number of fused-ring (bicyclic) bond motifs is 1. The van der Waals surface area contributed by atoms with Crippen LogP contribution in [0.25, 0.3) is 22.2 Å². The maximum absolute atomic E-state index is 13.0. The first kappa shape index (κ1) is 25.8. The van der Waals surface area contributed by atoms with Gasteiger partial charge in [-0.2, -0.15) is 0 Å². The molecule has 196 valence electrons. The number of aryl methyl sites for hydroxylation is 2. The van der Waals surface area contributed by atoms with E-state index in [1.807, 2.05) is 12.1 Å². The summed E-state index contributed by atoms with van der Waals surface area (Å²) in [6.07, 6.45) is 7.82. The summed E-state index contributed by atoms with van der Waals surface area (Å²) >= 11 is 0. The predicted octanol–water partition coefficient (Wildman–Crippen LogP) is 6.93. The first-order valence-electron chi connectivity index (χ1n) is 13.6.